The van der Waals surface area contributed by atoms with E-state index in [0.29, 0.717) is 6.04 Å². The molecule has 2 heterocycles. The van der Waals surface area contributed by atoms with Gasteiger partial charge in [-0.05, 0) is 37.1 Å². The zero-order valence-corrected chi connectivity index (χ0v) is 11.4. The molecule has 100 valence electrons. The second-order valence-electron chi connectivity index (χ2n) is 5.35. The van der Waals surface area contributed by atoms with Crippen molar-refractivity contribution in [2.45, 2.75) is 26.3 Å². The molecule has 1 aliphatic rings. The number of nitrogens with one attached hydrogen (secondary N) is 2. The predicted molar refractivity (Wildman–Crippen MR) is 77.3 cm³/mol. The summed E-state index contributed by atoms with van der Waals surface area (Å²) in [7, 11) is 0. The quantitative estimate of drug-likeness (QED) is 0.868. The third-order valence-electron chi connectivity index (χ3n) is 3.80. The molecule has 1 aromatic heterocycles. The van der Waals surface area contributed by atoms with E-state index in [0.717, 1.165) is 30.7 Å². The molecule has 1 atom stereocenters. The van der Waals surface area contributed by atoms with Gasteiger partial charge in [-0.2, -0.15) is 0 Å². The minimum atomic E-state index is 0.165. The Balaban J connectivity index is 1.82. The van der Waals surface area contributed by atoms with Crippen LogP contribution in [0.1, 0.15) is 18.9 Å². The van der Waals surface area contributed by atoms with Crippen molar-refractivity contribution in [2.24, 2.45) is 0 Å². The molecule has 0 aliphatic carbocycles. The van der Waals surface area contributed by atoms with Crippen LogP contribution in [0.15, 0.2) is 24.4 Å². The molecule has 4 nitrogen and oxygen atoms in total. The van der Waals surface area contributed by atoms with Crippen molar-refractivity contribution in [3.05, 3.63) is 30.0 Å². The fourth-order valence-corrected chi connectivity index (χ4v) is 2.82. The lowest BCUT2D eigenvalue weighted by atomic mass is 10.1. The molecular formula is C15H19N3O. The van der Waals surface area contributed by atoms with Gasteiger partial charge in [0.2, 0.25) is 5.91 Å². The molecule has 1 aliphatic heterocycles. The molecule has 19 heavy (non-hydrogen) atoms. The molecule has 0 radical (unpaired) electrons. The van der Waals surface area contributed by atoms with E-state index in [1.54, 1.807) is 6.92 Å². The lowest BCUT2D eigenvalue weighted by Crippen LogP contribution is -2.29. The van der Waals surface area contributed by atoms with Gasteiger partial charge in [0.05, 0.1) is 11.2 Å². The molecule has 1 fully saturated rings. The second kappa shape index (κ2) is 4.61. The summed E-state index contributed by atoms with van der Waals surface area (Å²) in [5, 5.41) is 4.80. The number of aromatic nitrogens is 1. The molecular weight excluding hydrogens is 238 g/mol. The van der Waals surface area contributed by atoms with Crippen LogP contribution in [0.4, 0.5) is 5.69 Å². The first kappa shape index (κ1) is 12.1. The maximum Gasteiger partial charge on any atom is 0.219 e. The number of benzene rings is 1. The Morgan fingerprint density at radius 3 is 3.05 bits per heavy atom. The summed E-state index contributed by atoms with van der Waals surface area (Å²) in [5.74, 6) is 0.165. The van der Waals surface area contributed by atoms with Gasteiger partial charge in [-0.25, -0.2) is 0 Å². The highest BCUT2D eigenvalue weighted by atomic mass is 16.2. The third-order valence-corrected chi connectivity index (χ3v) is 3.80. The van der Waals surface area contributed by atoms with Crippen molar-refractivity contribution in [2.75, 3.05) is 18.4 Å². The van der Waals surface area contributed by atoms with Crippen LogP contribution >= 0.6 is 0 Å². The molecule has 0 bridgehead atoms. The number of anilines is 1. The average molecular weight is 257 g/mol. The van der Waals surface area contributed by atoms with Gasteiger partial charge in [0.15, 0.2) is 0 Å². The summed E-state index contributed by atoms with van der Waals surface area (Å²) in [6.07, 6.45) is 2.97. The second-order valence-corrected chi connectivity index (χ2v) is 5.35. The lowest BCUT2D eigenvalue weighted by molar-refractivity contribution is -0.127. The Bertz CT molecular complexity index is 617. The van der Waals surface area contributed by atoms with Gasteiger partial charge in [-0.1, -0.05) is 0 Å². The smallest absolute Gasteiger partial charge is 0.219 e. The fourth-order valence-electron chi connectivity index (χ4n) is 2.82. The Morgan fingerprint density at radius 2 is 2.32 bits per heavy atom. The summed E-state index contributed by atoms with van der Waals surface area (Å²) >= 11 is 0. The SMILES string of the molecule is CC(=O)N1CCC(Nc2cc(C)cc3cc[nH]c23)C1. The highest BCUT2D eigenvalue weighted by Gasteiger charge is 2.24. The van der Waals surface area contributed by atoms with Crippen LogP contribution in [0.3, 0.4) is 0 Å². The first-order chi connectivity index (χ1) is 9.13. The summed E-state index contributed by atoms with van der Waals surface area (Å²) < 4.78 is 0. The standard InChI is InChI=1S/C15H19N3O/c1-10-7-12-3-5-16-15(12)14(8-10)17-13-4-6-18(9-13)11(2)19/h3,5,7-8,13,16-17H,4,6,9H2,1-2H3. The zero-order valence-electron chi connectivity index (χ0n) is 11.4. The Labute approximate surface area is 112 Å². The largest absolute Gasteiger partial charge is 0.379 e. The van der Waals surface area contributed by atoms with Gasteiger partial charge in [0.25, 0.3) is 0 Å². The summed E-state index contributed by atoms with van der Waals surface area (Å²) in [6.45, 7) is 5.39. The number of carbonyl (C=O) groups excluding carboxylic acids is 1. The molecule has 2 N–H and O–H groups in total. The topological polar surface area (TPSA) is 48.1 Å². The Hall–Kier alpha value is -1.97. The van der Waals surface area contributed by atoms with E-state index in [4.69, 9.17) is 0 Å². The molecule has 1 amide bonds. The molecule has 4 heteroatoms. The van der Waals surface area contributed by atoms with Crippen LogP contribution in [0.5, 0.6) is 0 Å². The van der Waals surface area contributed by atoms with Gasteiger partial charge < -0.3 is 15.2 Å². The van der Waals surface area contributed by atoms with Crippen LogP contribution in [0.2, 0.25) is 0 Å². The number of carbonyl (C=O) groups is 1. The molecule has 1 aromatic carbocycles. The number of hydrogen-bond donors (Lipinski definition) is 2. The van der Waals surface area contributed by atoms with E-state index in [1.165, 1.54) is 10.9 Å². The summed E-state index contributed by atoms with van der Waals surface area (Å²) in [5.41, 5.74) is 3.53. The molecule has 0 spiro atoms. The van der Waals surface area contributed by atoms with Crippen LogP contribution in [-0.4, -0.2) is 34.9 Å². The van der Waals surface area contributed by atoms with Crippen LogP contribution in [0.25, 0.3) is 10.9 Å². The molecule has 1 saturated heterocycles. The van der Waals surface area contributed by atoms with E-state index in [9.17, 15) is 4.79 Å². The number of likely N-dealkylation sites (tertiary alicyclic amines) is 1. The average Bonchev–Trinajstić information content (AvgIpc) is 2.96. The van der Waals surface area contributed by atoms with Gasteiger partial charge in [-0.3, -0.25) is 4.79 Å². The lowest BCUT2D eigenvalue weighted by Gasteiger charge is -2.17. The van der Waals surface area contributed by atoms with Gasteiger partial charge in [0.1, 0.15) is 0 Å². The van der Waals surface area contributed by atoms with Gasteiger partial charge >= 0.3 is 0 Å². The number of aromatic amines is 1. The number of aryl methyl sites for hydroxylation is 1. The van der Waals surface area contributed by atoms with Crippen molar-refractivity contribution in [1.82, 2.24) is 9.88 Å². The highest BCUT2D eigenvalue weighted by Crippen LogP contribution is 2.26. The number of fused-ring (bicyclic) bond motifs is 1. The maximum absolute atomic E-state index is 11.4. The van der Waals surface area contributed by atoms with E-state index in [1.807, 2.05) is 11.1 Å². The normalized spacial score (nSPS) is 19.1. The number of nitrogens with zero attached hydrogens (tertiary/aromatic N) is 1. The number of H-pyrrole nitrogens is 1. The first-order valence-corrected chi connectivity index (χ1v) is 6.73. The van der Waals surface area contributed by atoms with Crippen LogP contribution in [-0.2, 0) is 4.79 Å². The fraction of sp³-hybridized carbons (Fsp3) is 0.400. The minimum absolute atomic E-state index is 0.165. The predicted octanol–water partition coefficient (Wildman–Crippen LogP) is 2.51. The van der Waals surface area contributed by atoms with E-state index >= 15 is 0 Å². The minimum Gasteiger partial charge on any atom is -0.379 e. The summed E-state index contributed by atoms with van der Waals surface area (Å²) in [4.78, 5) is 16.5. The Kier molecular flexibility index (Phi) is 2.93. The number of hydrogen-bond acceptors (Lipinski definition) is 2. The monoisotopic (exact) mass is 257 g/mol. The van der Waals surface area contributed by atoms with Crippen molar-refractivity contribution in [3.8, 4) is 0 Å². The van der Waals surface area contributed by atoms with Gasteiger partial charge in [0, 0.05) is 37.6 Å². The number of rotatable bonds is 2. The van der Waals surface area contributed by atoms with Crippen molar-refractivity contribution in [3.63, 3.8) is 0 Å². The van der Waals surface area contributed by atoms with Crippen molar-refractivity contribution < 1.29 is 4.79 Å². The Morgan fingerprint density at radius 1 is 1.47 bits per heavy atom. The van der Waals surface area contributed by atoms with E-state index in [2.05, 4.69) is 35.4 Å². The highest BCUT2D eigenvalue weighted by molar-refractivity contribution is 5.91. The molecule has 0 saturated carbocycles. The van der Waals surface area contributed by atoms with Crippen molar-refractivity contribution >= 4 is 22.5 Å². The molecule has 3 rings (SSSR count). The summed E-state index contributed by atoms with van der Waals surface area (Å²) in [6, 6.07) is 6.77. The maximum atomic E-state index is 11.4. The van der Waals surface area contributed by atoms with E-state index in [-0.39, 0.29) is 5.91 Å². The first-order valence-electron chi connectivity index (χ1n) is 6.73. The van der Waals surface area contributed by atoms with Crippen LogP contribution in [0, 0.1) is 6.92 Å². The van der Waals surface area contributed by atoms with Gasteiger partial charge in [-0.15, -0.1) is 0 Å². The molecule has 1 unspecified atom stereocenters. The van der Waals surface area contributed by atoms with Crippen LogP contribution < -0.4 is 5.32 Å². The van der Waals surface area contributed by atoms with Crippen molar-refractivity contribution in [1.29, 1.82) is 0 Å². The zero-order chi connectivity index (χ0) is 13.4. The number of amides is 1. The molecule has 2 aromatic rings. The van der Waals surface area contributed by atoms with E-state index < -0.39 is 0 Å². The third kappa shape index (κ3) is 2.30.